The predicted molar refractivity (Wildman–Crippen MR) is 124 cm³/mol. The highest BCUT2D eigenvalue weighted by atomic mass is 32.2. The van der Waals surface area contributed by atoms with Crippen LogP contribution in [0.15, 0.2) is 24.3 Å². The highest BCUT2D eigenvalue weighted by Gasteiger charge is 2.31. The van der Waals surface area contributed by atoms with Crippen LogP contribution in [-0.2, 0) is 16.6 Å². The first-order chi connectivity index (χ1) is 13.5. The van der Waals surface area contributed by atoms with Crippen molar-refractivity contribution >= 4 is 22.5 Å². The molecule has 2 unspecified atom stereocenters. The zero-order chi connectivity index (χ0) is 21.7. The lowest BCUT2D eigenvalue weighted by Crippen LogP contribution is -2.55. The molecule has 5 nitrogen and oxygen atoms in total. The van der Waals surface area contributed by atoms with Crippen molar-refractivity contribution in [3.05, 3.63) is 29.8 Å². The summed E-state index contributed by atoms with van der Waals surface area (Å²) in [6, 6.07) is 7.43. The molecule has 0 spiro atoms. The second-order valence-corrected chi connectivity index (χ2v) is 12.0. The van der Waals surface area contributed by atoms with Gasteiger partial charge in [0.05, 0.1) is 0 Å². The van der Waals surface area contributed by atoms with Gasteiger partial charge in [-0.2, -0.15) is 0 Å². The van der Waals surface area contributed by atoms with Crippen molar-refractivity contribution in [2.24, 2.45) is 5.92 Å². The molecule has 1 aliphatic heterocycles. The van der Waals surface area contributed by atoms with E-state index >= 15 is 0 Å². The van der Waals surface area contributed by atoms with Gasteiger partial charge in [0.25, 0.3) is 0 Å². The number of anilines is 1. The summed E-state index contributed by atoms with van der Waals surface area (Å²) in [6.07, 6.45) is 3.76. The van der Waals surface area contributed by atoms with Crippen LogP contribution in [0.2, 0.25) is 0 Å². The van der Waals surface area contributed by atoms with E-state index in [9.17, 15) is 9.00 Å². The van der Waals surface area contributed by atoms with Crippen LogP contribution in [0.3, 0.4) is 0 Å². The van der Waals surface area contributed by atoms with Crippen LogP contribution in [0.1, 0.15) is 66.4 Å². The monoisotopic (exact) mass is 421 g/mol. The Morgan fingerprint density at radius 3 is 2.62 bits per heavy atom. The van der Waals surface area contributed by atoms with Crippen molar-refractivity contribution < 1.29 is 9.00 Å². The predicted octanol–water partition coefficient (Wildman–Crippen LogP) is 4.76. The Labute approximate surface area is 179 Å². The van der Waals surface area contributed by atoms with E-state index in [2.05, 4.69) is 36.3 Å². The topological polar surface area (TPSA) is 61.4 Å². The molecule has 1 aromatic rings. The molecule has 1 aliphatic rings. The van der Waals surface area contributed by atoms with Gasteiger partial charge in [0, 0.05) is 45.6 Å². The summed E-state index contributed by atoms with van der Waals surface area (Å²) < 4.78 is 12.1. The number of nitrogens with zero attached hydrogens (tertiary/aromatic N) is 1. The molecule has 0 radical (unpaired) electrons. The molecule has 0 aromatic heterocycles. The third kappa shape index (κ3) is 7.41. The Bertz CT molecular complexity index is 712. The zero-order valence-corrected chi connectivity index (χ0v) is 19.8. The van der Waals surface area contributed by atoms with E-state index in [1.165, 1.54) is 19.3 Å². The molecule has 0 saturated carbocycles. The highest BCUT2D eigenvalue weighted by Crippen LogP contribution is 2.25. The van der Waals surface area contributed by atoms with Crippen LogP contribution >= 0.6 is 0 Å². The Morgan fingerprint density at radius 1 is 1.24 bits per heavy atom. The van der Waals surface area contributed by atoms with Gasteiger partial charge in [0.1, 0.15) is 0 Å². The van der Waals surface area contributed by atoms with Crippen molar-refractivity contribution in [3.8, 4) is 0 Å². The second kappa shape index (κ2) is 10.1. The number of amides is 2. The summed E-state index contributed by atoms with van der Waals surface area (Å²) in [6.45, 7) is 15.4. The third-order valence-corrected chi connectivity index (χ3v) is 7.76. The summed E-state index contributed by atoms with van der Waals surface area (Å²) >= 11 is 0. The zero-order valence-electron chi connectivity index (χ0n) is 19.0. The van der Waals surface area contributed by atoms with Crippen LogP contribution in [-0.4, -0.2) is 45.1 Å². The van der Waals surface area contributed by atoms with Crippen LogP contribution in [0.5, 0.6) is 0 Å². The van der Waals surface area contributed by atoms with Crippen molar-refractivity contribution in [1.82, 2.24) is 10.2 Å². The van der Waals surface area contributed by atoms with Crippen molar-refractivity contribution in [2.75, 3.05) is 25.0 Å². The first-order valence-corrected chi connectivity index (χ1v) is 12.1. The van der Waals surface area contributed by atoms with Crippen LogP contribution in [0.25, 0.3) is 0 Å². The average molecular weight is 422 g/mol. The van der Waals surface area contributed by atoms with Gasteiger partial charge >= 0.3 is 6.03 Å². The fourth-order valence-corrected chi connectivity index (χ4v) is 4.55. The number of carbonyl (C=O) groups is 1. The number of benzene rings is 1. The molecule has 1 saturated heterocycles. The molecule has 2 atom stereocenters. The van der Waals surface area contributed by atoms with E-state index < -0.39 is 10.8 Å². The highest BCUT2D eigenvalue weighted by molar-refractivity contribution is 7.85. The Morgan fingerprint density at radius 2 is 1.97 bits per heavy atom. The molecule has 2 N–H and O–H groups in total. The maximum absolute atomic E-state index is 12.5. The maximum Gasteiger partial charge on any atom is 0.319 e. The lowest BCUT2D eigenvalue weighted by molar-refractivity contribution is 0.0669. The first-order valence-electron chi connectivity index (χ1n) is 10.8. The van der Waals surface area contributed by atoms with E-state index in [0.29, 0.717) is 12.3 Å². The summed E-state index contributed by atoms with van der Waals surface area (Å²) in [7, 11) is -0.965. The lowest BCUT2D eigenvalue weighted by Gasteiger charge is -2.43. The number of likely N-dealkylation sites (tertiary alicyclic amines) is 1. The van der Waals surface area contributed by atoms with Gasteiger partial charge < -0.3 is 10.6 Å². The molecule has 1 aromatic carbocycles. The van der Waals surface area contributed by atoms with E-state index in [-0.39, 0.29) is 16.3 Å². The van der Waals surface area contributed by atoms with Gasteiger partial charge in [-0.1, -0.05) is 25.5 Å². The standard InChI is InChI=1S/C23H39N3O2S/c1-7-18-11-9-13-26(15-18)23(5,6)17-24-21(27)25-20-12-8-10-19(14-20)16-29(28)22(2,3)4/h8,10,12,14,18H,7,9,11,13,15-17H2,1-6H3,(H2,24,25,27). The van der Waals surface area contributed by atoms with Gasteiger partial charge in [-0.05, 0) is 77.6 Å². The minimum Gasteiger partial charge on any atom is -0.336 e. The molecule has 2 rings (SSSR count). The molecule has 164 valence electrons. The van der Waals surface area contributed by atoms with Crippen LogP contribution in [0, 0.1) is 5.92 Å². The minimum atomic E-state index is -0.965. The summed E-state index contributed by atoms with van der Waals surface area (Å²) in [5.74, 6) is 1.25. The molecule has 1 fully saturated rings. The number of nitrogens with one attached hydrogen (secondary N) is 2. The lowest BCUT2D eigenvalue weighted by atomic mass is 9.91. The van der Waals surface area contributed by atoms with Crippen molar-refractivity contribution in [2.45, 2.75) is 76.8 Å². The Hall–Kier alpha value is -1.40. The van der Waals surface area contributed by atoms with Gasteiger partial charge in [0.2, 0.25) is 0 Å². The van der Waals surface area contributed by atoms with Gasteiger partial charge in [0.15, 0.2) is 0 Å². The number of piperidine rings is 1. The van der Waals surface area contributed by atoms with E-state index in [4.69, 9.17) is 0 Å². The third-order valence-electron chi connectivity index (χ3n) is 5.80. The van der Waals surface area contributed by atoms with Gasteiger partial charge in [-0.3, -0.25) is 9.11 Å². The molecule has 29 heavy (non-hydrogen) atoms. The van der Waals surface area contributed by atoms with Gasteiger partial charge in [-0.15, -0.1) is 0 Å². The van der Waals surface area contributed by atoms with Crippen LogP contribution in [0.4, 0.5) is 10.5 Å². The number of carbonyl (C=O) groups excluding carboxylic acids is 1. The van der Waals surface area contributed by atoms with E-state index in [0.717, 1.165) is 30.3 Å². The first kappa shape index (κ1) is 23.9. The number of urea groups is 1. The summed E-state index contributed by atoms with van der Waals surface area (Å²) in [4.78, 5) is 15.0. The molecular formula is C23H39N3O2S. The molecule has 0 aliphatic carbocycles. The SMILES string of the molecule is CCC1CCCN(C(C)(C)CNC(=O)Nc2cccc(CS(=O)C(C)(C)C)c2)C1. The molecule has 1 heterocycles. The Kier molecular flexibility index (Phi) is 8.29. The largest absolute Gasteiger partial charge is 0.336 e. The second-order valence-electron chi connectivity index (χ2n) is 9.79. The molecular weight excluding hydrogens is 382 g/mol. The minimum absolute atomic E-state index is 0.0728. The average Bonchev–Trinajstić information content (AvgIpc) is 2.66. The fraction of sp³-hybridized carbons (Fsp3) is 0.696. The smallest absolute Gasteiger partial charge is 0.319 e. The quantitative estimate of drug-likeness (QED) is 0.667. The van der Waals surface area contributed by atoms with Crippen molar-refractivity contribution in [1.29, 1.82) is 0 Å². The fourth-order valence-electron chi connectivity index (χ4n) is 3.64. The molecule has 0 bridgehead atoms. The Balaban J connectivity index is 1.89. The normalized spacial score (nSPS) is 19.6. The number of hydrogen-bond acceptors (Lipinski definition) is 3. The molecule has 6 heteroatoms. The van der Waals surface area contributed by atoms with E-state index in [1.54, 1.807) is 0 Å². The van der Waals surface area contributed by atoms with Gasteiger partial charge in [-0.25, -0.2) is 4.79 Å². The number of rotatable bonds is 7. The van der Waals surface area contributed by atoms with E-state index in [1.807, 2.05) is 45.0 Å². The van der Waals surface area contributed by atoms with Crippen molar-refractivity contribution in [3.63, 3.8) is 0 Å². The summed E-state index contributed by atoms with van der Waals surface area (Å²) in [5, 5.41) is 5.96. The van der Waals surface area contributed by atoms with Crippen LogP contribution < -0.4 is 10.6 Å². The molecule has 2 amide bonds. The maximum atomic E-state index is 12.5. The number of hydrogen-bond donors (Lipinski definition) is 2. The summed E-state index contributed by atoms with van der Waals surface area (Å²) in [5.41, 5.74) is 1.62.